The molecule has 0 heterocycles. The zero-order valence-electron chi connectivity index (χ0n) is 10.4. The fourth-order valence-corrected chi connectivity index (χ4v) is 1.38. The third-order valence-electron chi connectivity index (χ3n) is 2.25. The maximum atomic E-state index is 11.4. The van der Waals surface area contributed by atoms with Crippen molar-refractivity contribution in [2.24, 2.45) is 5.73 Å². The van der Waals surface area contributed by atoms with Crippen LogP contribution in [0.15, 0.2) is 0 Å². The van der Waals surface area contributed by atoms with Crippen LogP contribution in [0.2, 0.25) is 0 Å². The summed E-state index contributed by atoms with van der Waals surface area (Å²) >= 11 is 4.59. The minimum absolute atomic E-state index is 0.00429. The van der Waals surface area contributed by atoms with Crippen LogP contribution in [0, 0.1) is 0 Å². The number of thiocarbonyl (C=S) groups is 1. The van der Waals surface area contributed by atoms with E-state index in [4.69, 9.17) is 5.73 Å². The van der Waals surface area contributed by atoms with Gasteiger partial charge in [-0.25, -0.2) is 0 Å². The number of carbonyl (C=O) groups is 2. The Hall–Kier alpha value is -1.17. The predicted octanol–water partition coefficient (Wildman–Crippen LogP) is 0.474. The van der Waals surface area contributed by atoms with Crippen molar-refractivity contribution >= 4 is 29.0 Å². The summed E-state index contributed by atoms with van der Waals surface area (Å²) in [6.07, 6.45) is 4.19. The van der Waals surface area contributed by atoms with Crippen LogP contribution < -0.4 is 16.4 Å². The van der Waals surface area contributed by atoms with Crippen molar-refractivity contribution in [1.82, 2.24) is 10.6 Å². The fourth-order valence-electron chi connectivity index (χ4n) is 1.31. The molecule has 0 aromatic carbocycles. The maximum Gasteiger partial charge on any atom is 0.309 e. The van der Waals surface area contributed by atoms with E-state index >= 15 is 0 Å². The van der Waals surface area contributed by atoms with Crippen molar-refractivity contribution in [3.8, 4) is 0 Å². The van der Waals surface area contributed by atoms with Crippen molar-refractivity contribution in [1.29, 1.82) is 0 Å². The van der Waals surface area contributed by atoms with E-state index in [1.807, 2.05) is 6.92 Å². The fraction of sp³-hybridized carbons (Fsp3) is 0.727. The Kier molecular flexibility index (Phi) is 8.31. The quantitative estimate of drug-likeness (QED) is 0.352. The highest BCUT2D eigenvalue weighted by atomic mass is 32.1. The van der Waals surface area contributed by atoms with E-state index in [2.05, 4.69) is 29.8 Å². The topological polar surface area (TPSA) is 84.2 Å². The van der Waals surface area contributed by atoms with Crippen LogP contribution in [-0.4, -0.2) is 29.4 Å². The number of nitrogens with one attached hydrogen (secondary N) is 2. The molecule has 0 aliphatic heterocycles. The number of hydrogen-bond donors (Lipinski definition) is 3. The lowest BCUT2D eigenvalue weighted by molar-refractivity contribution is -0.139. The highest BCUT2D eigenvalue weighted by molar-refractivity contribution is 7.80. The van der Waals surface area contributed by atoms with Gasteiger partial charge in [-0.2, -0.15) is 0 Å². The second-order valence-electron chi connectivity index (χ2n) is 4.02. The molecule has 0 saturated carbocycles. The van der Waals surface area contributed by atoms with E-state index in [-0.39, 0.29) is 17.6 Å². The minimum atomic E-state index is -0.694. The normalized spacial score (nSPS) is 11.6. The first-order valence-corrected chi connectivity index (χ1v) is 6.25. The van der Waals surface area contributed by atoms with E-state index in [1.54, 1.807) is 0 Å². The van der Waals surface area contributed by atoms with Crippen LogP contribution in [0.25, 0.3) is 0 Å². The Balaban J connectivity index is 3.82. The van der Waals surface area contributed by atoms with Crippen LogP contribution in [0.1, 0.15) is 39.5 Å². The first-order valence-electron chi connectivity index (χ1n) is 5.84. The van der Waals surface area contributed by atoms with Crippen LogP contribution in [0.3, 0.4) is 0 Å². The lowest BCUT2D eigenvalue weighted by atomic mass is 10.1. The Morgan fingerprint density at radius 2 is 1.94 bits per heavy atom. The summed E-state index contributed by atoms with van der Waals surface area (Å²) in [5.41, 5.74) is 5.21. The molecular formula is C11H21N3O2S. The molecule has 1 unspecified atom stereocenters. The summed E-state index contributed by atoms with van der Waals surface area (Å²) in [5.74, 6) is -1.33. The smallest absolute Gasteiger partial charge is 0.309 e. The second kappa shape index (κ2) is 8.92. The van der Waals surface area contributed by atoms with Crippen molar-refractivity contribution in [2.45, 2.75) is 45.6 Å². The van der Waals surface area contributed by atoms with E-state index < -0.39 is 11.8 Å². The molecule has 0 aromatic heterocycles. The van der Waals surface area contributed by atoms with Crippen molar-refractivity contribution in [3.05, 3.63) is 0 Å². The predicted molar refractivity (Wildman–Crippen MR) is 71.5 cm³/mol. The van der Waals surface area contributed by atoms with Crippen LogP contribution in [0.5, 0.6) is 0 Å². The summed E-state index contributed by atoms with van der Waals surface area (Å²) < 4.78 is 0. The molecule has 98 valence electrons. The monoisotopic (exact) mass is 259 g/mol. The van der Waals surface area contributed by atoms with Crippen LogP contribution >= 0.6 is 12.2 Å². The molecule has 5 nitrogen and oxygen atoms in total. The van der Waals surface area contributed by atoms with Crippen molar-refractivity contribution < 1.29 is 9.59 Å². The van der Waals surface area contributed by atoms with E-state index in [1.165, 1.54) is 0 Å². The van der Waals surface area contributed by atoms with Crippen LogP contribution in [-0.2, 0) is 9.59 Å². The average Bonchev–Trinajstić information content (AvgIpc) is 2.26. The highest BCUT2D eigenvalue weighted by Crippen LogP contribution is 2.02. The van der Waals surface area contributed by atoms with Gasteiger partial charge in [-0.1, -0.05) is 38.4 Å². The van der Waals surface area contributed by atoms with E-state index in [0.29, 0.717) is 0 Å². The SMILES string of the molecule is CCCCCC(C)NC(=O)C(=O)NCC(N)=S. The number of carbonyl (C=O) groups excluding carboxylic acids is 2. The van der Waals surface area contributed by atoms with Gasteiger partial charge in [0.25, 0.3) is 0 Å². The molecule has 0 saturated heterocycles. The maximum absolute atomic E-state index is 11.4. The van der Waals surface area contributed by atoms with Gasteiger partial charge in [0.1, 0.15) is 0 Å². The molecule has 0 aliphatic carbocycles. The molecule has 0 aliphatic rings. The van der Waals surface area contributed by atoms with Gasteiger partial charge in [0.15, 0.2) is 0 Å². The standard InChI is InChI=1S/C11H21N3O2S/c1-3-4-5-6-8(2)14-11(16)10(15)13-7-9(12)17/h8H,3-7H2,1-2H3,(H2,12,17)(H,13,15)(H,14,16). The molecule has 0 spiro atoms. The van der Waals surface area contributed by atoms with Crippen molar-refractivity contribution in [3.63, 3.8) is 0 Å². The zero-order valence-corrected chi connectivity index (χ0v) is 11.2. The third-order valence-corrected chi connectivity index (χ3v) is 2.39. The second-order valence-corrected chi connectivity index (χ2v) is 4.54. The van der Waals surface area contributed by atoms with Gasteiger partial charge in [-0.15, -0.1) is 0 Å². The molecule has 1 atom stereocenters. The number of rotatable bonds is 7. The summed E-state index contributed by atoms with van der Waals surface area (Å²) in [6.45, 7) is 4.05. The first kappa shape index (κ1) is 15.8. The molecule has 0 bridgehead atoms. The number of unbranched alkanes of at least 4 members (excludes halogenated alkanes) is 2. The molecule has 0 fully saturated rings. The molecule has 6 heteroatoms. The Bertz CT molecular complexity index is 282. The molecule has 2 amide bonds. The summed E-state index contributed by atoms with van der Waals surface area (Å²) in [6, 6.07) is 0.00429. The largest absolute Gasteiger partial charge is 0.392 e. The van der Waals surface area contributed by atoms with E-state index in [9.17, 15) is 9.59 Å². The van der Waals surface area contributed by atoms with E-state index in [0.717, 1.165) is 25.7 Å². The first-order chi connectivity index (χ1) is 7.97. The number of amides is 2. The lowest BCUT2D eigenvalue weighted by Crippen LogP contribution is -2.45. The van der Waals surface area contributed by atoms with Gasteiger partial charge in [0.2, 0.25) is 0 Å². The third kappa shape index (κ3) is 8.62. The Labute approximate surface area is 108 Å². The zero-order chi connectivity index (χ0) is 13.3. The average molecular weight is 259 g/mol. The molecule has 0 aromatic rings. The lowest BCUT2D eigenvalue weighted by Gasteiger charge is -2.13. The summed E-state index contributed by atoms with van der Waals surface area (Å²) in [4.78, 5) is 22.8. The number of nitrogens with two attached hydrogens (primary N) is 1. The molecule has 0 rings (SSSR count). The van der Waals surface area contributed by atoms with Crippen LogP contribution in [0.4, 0.5) is 0 Å². The molecular weight excluding hydrogens is 238 g/mol. The summed E-state index contributed by atoms with van der Waals surface area (Å²) in [7, 11) is 0. The molecule has 0 radical (unpaired) electrons. The van der Waals surface area contributed by atoms with Gasteiger partial charge in [-0.05, 0) is 13.3 Å². The Morgan fingerprint density at radius 1 is 1.29 bits per heavy atom. The van der Waals surface area contributed by atoms with Gasteiger partial charge in [-0.3, -0.25) is 9.59 Å². The van der Waals surface area contributed by atoms with Gasteiger partial charge < -0.3 is 16.4 Å². The number of hydrogen-bond acceptors (Lipinski definition) is 3. The minimum Gasteiger partial charge on any atom is -0.392 e. The van der Waals surface area contributed by atoms with Gasteiger partial charge in [0, 0.05) is 6.04 Å². The molecule has 4 N–H and O–H groups in total. The summed E-state index contributed by atoms with van der Waals surface area (Å²) in [5, 5.41) is 4.96. The van der Waals surface area contributed by atoms with Gasteiger partial charge in [0.05, 0.1) is 11.5 Å². The molecule has 17 heavy (non-hydrogen) atoms. The Morgan fingerprint density at radius 3 is 2.47 bits per heavy atom. The van der Waals surface area contributed by atoms with Gasteiger partial charge >= 0.3 is 11.8 Å². The van der Waals surface area contributed by atoms with Crippen molar-refractivity contribution in [2.75, 3.05) is 6.54 Å². The highest BCUT2D eigenvalue weighted by Gasteiger charge is 2.15.